The Morgan fingerprint density at radius 2 is 2.09 bits per heavy atom. The van der Waals surface area contributed by atoms with Gasteiger partial charge in [0.2, 0.25) is 5.91 Å². The molecule has 126 valence electrons. The third-order valence-corrected chi connectivity index (χ3v) is 5.64. The molecule has 2 heterocycles. The Morgan fingerprint density at radius 3 is 2.87 bits per heavy atom. The van der Waals surface area contributed by atoms with Crippen LogP contribution in [0.2, 0.25) is 0 Å². The van der Waals surface area contributed by atoms with Crippen LogP contribution in [0.3, 0.4) is 0 Å². The molecule has 1 unspecified atom stereocenters. The van der Waals surface area contributed by atoms with Crippen molar-refractivity contribution in [3.8, 4) is 0 Å². The van der Waals surface area contributed by atoms with E-state index in [1.807, 2.05) is 23.1 Å². The highest BCUT2D eigenvalue weighted by Gasteiger charge is 2.26. The summed E-state index contributed by atoms with van der Waals surface area (Å²) in [6, 6.07) is 8.71. The van der Waals surface area contributed by atoms with Crippen molar-refractivity contribution < 1.29 is 9.53 Å². The number of halogens is 1. The first-order valence-corrected chi connectivity index (χ1v) is 9.36. The van der Waals surface area contributed by atoms with Gasteiger partial charge in [0.1, 0.15) is 0 Å². The van der Waals surface area contributed by atoms with Crippen LogP contribution in [0.1, 0.15) is 24.8 Å². The number of aryl methyl sites for hydroxylation is 1. The summed E-state index contributed by atoms with van der Waals surface area (Å²) in [5.41, 5.74) is 1.21. The lowest BCUT2D eigenvalue weighted by atomic mass is 10.1. The maximum absolute atomic E-state index is 12.5. The number of benzene rings is 1. The van der Waals surface area contributed by atoms with Crippen LogP contribution in [0.15, 0.2) is 28.7 Å². The quantitative estimate of drug-likeness (QED) is 0.804. The van der Waals surface area contributed by atoms with E-state index < -0.39 is 0 Å². The van der Waals surface area contributed by atoms with Gasteiger partial charge < -0.3 is 9.64 Å². The Balaban J connectivity index is 1.49. The van der Waals surface area contributed by atoms with E-state index in [0.717, 1.165) is 63.1 Å². The monoisotopic (exact) mass is 380 g/mol. The summed E-state index contributed by atoms with van der Waals surface area (Å²) in [5.74, 6) is 0.283. The minimum absolute atomic E-state index is 0.283. The van der Waals surface area contributed by atoms with Crippen molar-refractivity contribution in [2.24, 2.45) is 0 Å². The molecule has 1 amide bonds. The van der Waals surface area contributed by atoms with Crippen molar-refractivity contribution in [2.45, 2.75) is 31.7 Å². The molecule has 0 aromatic heterocycles. The zero-order valence-electron chi connectivity index (χ0n) is 13.5. The van der Waals surface area contributed by atoms with Crippen molar-refractivity contribution in [3.05, 3.63) is 34.3 Å². The minimum Gasteiger partial charge on any atom is -0.380 e. The number of amides is 1. The predicted octanol–water partition coefficient (Wildman–Crippen LogP) is 2.70. The van der Waals surface area contributed by atoms with E-state index >= 15 is 0 Å². The van der Waals surface area contributed by atoms with Gasteiger partial charge in [-0.25, -0.2) is 0 Å². The van der Waals surface area contributed by atoms with E-state index in [-0.39, 0.29) is 5.91 Å². The Bertz CT molecular complexity index is 532. The molecule has 4 nitrogen and oxygen atoms in total. The number of nitrogens with zero attached hydrogens (tertiary/aromatic N) is 2. The van der Waals surface area contributed by atoms with E-state index in [2.05, 4.69) is 26.9 Å². The molecule has 0 aliphatic carbocycles. The summed E-state index contributed by atoms with van der Waals surface area (Å²) in [6.45, 7) is 5.55. The molecular weight excluding hydrogens is 356 g/mol. The van der Waals surface area contributed by atoms with Gasteiger partial charge in [-0.1, -0.05) is 34.1 Å². The second-order valence-electron chi connectivity index (χ2n) is 6.38. The highest BCUT2D eigenvalue weighted by Crippen LogP contribution is 2.19. The summed E-state index contributed by atoms with van der Waals surface area (Å²) in [4.78, 5) is 17.1. The molecule has 2 saturated heterocycles. The van der Waals surface area contributed by atoms with Gasteiger partial charge in [-0.05, 0) is 30.9 Å². The van der Waals surface area contributed by atoms with Crippen LogP contribution in [0, 0.1) is 0 Å². The van der Waals surface area contributed by atoms with E-state index in [4.69, 9.17) is 4.74 Å². The summed E-state index contributed by atoms with van der Waals surface area (Å²) in [6.07, 6.45) is 3.60. The maximum atomic E-state index is 12.5. The second-order valence-corrected chi connectivity index (χ2v) is 7.23. The molecule has 5 heteroatoms. The van der Waals surface area contributed by atoms with Crippen LogP contribution in [-0.4, -0.2) is 61.1 Å². The normalized spacial score (nSPS) is 23.0. The number of carbonyl (C=O) groups is 1. The van der Waals surface area contributed by atoms with E-state index in [0.29, 0.717) is 12.5 Å². The molecule has 0 radical (unpaired) electrons. The number of carbonyl (C=O) groups excluding carboxylic acids is 1. The van der Waals surface area contributed by atoms with Gasteiger partial charge in [0.15, 0.2) is 0 Å². The van der Waals surface area contributed by atoms with Crippen LogP contribution in [0.5, 0.6) is 0 Å². The Kier molecular flexibility index (Phi) is 6.08. The van der Waals surface area contributed by atoms with Gasteiger partial charge in [0, 0.05) is 49.7 Å². The molecule has 1 aromatic carbocycles. The first kappa shape index (κ1) is 16.9. The molecular formula is C18H25BrN2O2. The van der Waals surface area contributed by atoms with Crippen LogP contribution in [-0.2, 0) is 16.0 Å². The fourth-order valence-electron chi connectivity index (χ4n) is 3.46. The minimum atomic E-state index is 0.283. The van der Waals surface area contributed by atoms with E-state index in [1.165, 1.54) is 5.56 Å². The van der Waals surface area contributed by atoms with Crippen molar-refractivity contribution in [2.75, 3.05) is 39.4 Å². The topological polar surface area (TPSA) is 32.8 Å². The fourth-order valence-corrected chi connectivity index (χ4v) is 3.95. The van der Waals surface area contributed by atoms with E-state index in [9.17, 15) is 4.79 Å². The van der Waals surface area contributed by atoms with Gasteiger partial charge in [0.05, 0.1) is 6.61 Å². The van der Waals surface area contributed by atoms with Gasteiger partial charge in [-0.15, -0.1) is 0 Å². The Hall–Kier alpha value is -0.910. The molecule has 1 atom stereocenters. The number of hydrogen-bond donors (Lipinski definition) is 0. The van der Waals surface area contributed by atoms with Crippen molar-refractivity contribution in [1.29, 1.82) is 0 Å². The van der Waals surface area contributed by atoms with E-state index in [1.54, 1.807) is 0 Å². The molecule has 2 aliphatic rings. The van der Waals surface area contributed by atoms with Crippen molar-refractivity contribution >= 4 is 21.8 Å². The lowest BCUT2D eigenvalue weighted by Crippen LogP contribution is -2.39. The van der Waals surface area contributed by atoms with Gasteiger partial charge in [-0.2, -0.15) is 0 Å². The molecule has 2 fully saturated rings. The predicted molar refractivity (Wildman–Crippen MR) is 94.5 cm³/mol. The lowest BCUT2D eigenvalue weighted by Gasteiger charge is -2.26. The number of hydrogen-bond acceptors (Lipinski definition) is 3. The molecule has 0 N–H and O–H groups in total. The summed E-state index contributed by atoms with van der Waals surface area (Å²) >= 11 is 3.56. The standard InChI is InChI=1S/C18H25BrN2O2/c19-17-5-2-1-4-15(17)6-7-18(22)21-10-3-9-20(11-12-21)16-8-13-23-14-16/h1-2,4-5,16H,3,6-14H2. The first-order valence-electron chi connectivity index (χ1n) is 8.57. The van der Waals surface area contributed by atoms with Gasteiger partial charge in [-0.3, -0.25) is 9.69 Å². The van der Waals surface area contributed by atoms with Crippen molar-refractivity contribution in [3.63, 3.8) is 0 Å². The molecule has 23 heavy (non-hydrogen) atoms. The zero-order chi connectivity index (χ0) is 16.1. The molecule has 1 aromatic rings. The average Bonchev–Trinajstić information content (AvgIpc) is 2.98. The third-order valence-electron chi connectivity index (χ3n) is 4.87. The van der Waals surface area contributed by atoms with Crippen LogP contribution >= 0.6 is 15.9 Å². The largest absolute Gasteiger partial charge is 0.380 e. The molecule has 3 rings (SSSR count). The fraction of sp³-hybridized carbons (Fsp3) is 0.611. The summed E-state index contributed by atoms with van der Waals surface area (Å²) in [7, 11) is 0. The van der Waals surface area contributed by atoms with Crippen LogP contribution in [0.25, 0.3) is 0 Å². The Morgan fingerprint density at radius 1 is 1.22 bits per heavy atom. The summed E-state index contributed by atoms with van der Waals surface area (Å²) < 4.78 is 6.59. The molecule has 0 spiro atoms. The molecule has 0 bridgehead atoms. The molecule has 2 aliphatic heterocycles. The smallest absolute Gasteiger partial charge is 0.222 e. The SMILES string of the molecule is O=C(CCc1ccccc1Br)N1CCCN(C2CCOC2)CC1. The number of ether oxygens (including phenoxy) is 1. The maximum Gasteiger partial charge on any atom is 0.222 e. The Labute approximate surface area is 146 Å². The third kappa shape index (κ3) is 4.55. The average molecular weight is 381 g/mol. The van der Waals surface area contributed by atoms with Gasteiger partial charge in [0.25, 0.3) is 0 Å². The zero-order valence-corrected chi connectivity index (χ0v) is 15.1. The van der Waals surface area contributed by atoms with Crippen molar-refractivity contribution in [1.82, 2.24) is 9.80 Å². The highest BCUT2D eigenvalue weighted by atomic mass is 79.9. The second kappa shape index (κ2) is 8.27. The van der Waals surface area contributed by atoms with Crippen LogP contribution < -0.4 is 0 Å². The van der Waals surface area contributed by atoms with Gasteiger partial charge >= 0.3 is 0 Å². The lowest BCUT2D eigenvalue weighted by molar-refractivity contribution is -0.131. The first-order chi connectivity index (χ1) is 11.2. The summed E-state index contributed by atoms with van der Waals surface area (Å²) in [5, 5.41) is 0. The van der Waals surface area contributed by atoms with Crippen LogP contribution in [0.4, 0.5) is 0 Å². The number of rotatable bonds is 4. The molecule has 0 saturated carbocycles. The highest BCUT2D eigenvalue weighted by molar-refractivity contribution is 9.10.